The third-order valence-corrected chi connectivity index (χ3v) is 8.01. The van der Waals surface area contributed by atoms with E-state index >= 15 is 0 Å². The number of unbranched alkanes of at least 4 members (excludes halogenated alkanes) is 4. The van der Waals surface area contributed by atoms with E-state index in [-0.39, 0.29) is 36.7 Å². The van der Waals surface area contributed by atoms with Gasteiger partial charge >= 0.3 is 17.9 Å². The van der Waals surface area contributed by atoms with Gasteiger partial charge in [0.1, 0.15) is 6.61 Å². The van der Waals surface area contributed by atoms with E-state index in [0.29, 0.717) is 12.8 Å². The van der Waals surface area contributed by atoms with Crippen molar-refractivity contribution in [3.63, 3.8) is 0 Å². The molecule has 0 aliphatic rings. The Morgan fingerprint density at radius 1 is 0.585 bits per heavy atom. The molecular weight excluding hydrogens is 666 g/mol. The van der Waals surface area contributed by atoms with Crippen LogP contribution in [0.3, 0.4) is 0 Å². The van der Waals surface area contributed by atoms with Gasteiger partial charge in [0.15, 0.2) is 12.1 Å². The van der Waals surface area contributed by atoms with Gasteiger partial charge < -0.3 is 23.8 Å². The van der Waals surface area contributed by atoms with Crippen molar-refractivity contribution in [1.29, 1.82) is 0 Å². The third kappa shape index (κ3) is 33.8. The van der Waals surface area contributed by atoms with Gasteiger partial charge in [0, 0.05) is 12.8 Å². The minimum absolute atomic E-state index is 0.00995. The number of hydrogen-bond acceptors (Lipinski definition) is 6. The summed E-state index contributed by atoms with van der Waals surface area (Å²) in [5, 5.41) is 9.57. The summed E-state index contributed by atoms with van der Waals surface area (Å²) in [6, 6.07) is -0.636. The van der Waals surface area contributed by atoms with Crippen LogP contribution in [0.1, 0.15) is 117 Å². The molecule has 2 atom stereocenters. The van der Waals surface area contributed by atoms with E-state index in [0.717, 1.165) is 83.5 Å². The first-order valence-corrected chi connectivity index (χ1v) is 19.8. The number of carbonyl (C=O) groups is 3. The van der Waals surface area contributed by atoms with Gasteiger partial charge in [-0.1, -0.05) is 124 Å². The second kappa shape index (κ2) is 35.3. The van der Waals surface area contributed by atoms with Gasteiger partial charge in [-0.2, -0.15) is 0 Å². The van der Waals surface area contributed by atoms with Crippen molar-refractivity contribution in [3.05, 3.63) is 97.2 Å². The number of esters is 2. The standard InChI is InChI=1S/C45H71NO7/c1-6-8-10-12-14-16-17-18-19-20-21-22-23-24-25-26-28-29-31-33-35-43(47)52-40-41(39-51-38-37-42(45(49)50)46(3,4)5)53-44(48)36-34-32-30-27-15-13-11-9-7-2/h8-11,14-16,18-19,21-22,24-25,27,32,34,41-42H,6-7,12-13,17,20,23,26,28-31,33,35-40H2,1-5H3/p+1/b10-8+,11-9+,16-14+,19-18+,22-21+,25-24+,27-15+,34-32+. The summed E-state index contributed by atoms with van der Waals surface area (Å²) in [4.78, 5) is 36.7. The number of quaternary nitrogens is 1. The van der Waals surface area contributed by atoms with Gasteiger partial charge in [-0.25, -0.2) is 4.79 Å². The van der Waals surface area contributed by atoms with Crippen LogP contribution in [0.4, 0.5) is 0 Å². The zero-order valence-corrected chi connectivity index (χ0v) is 33.7. The number of allylic oxidation sites excluding steroid dienone is 15. The topological polar surface area (TPSA) is 99.1 Å². The number of hydrogen-bond donors (Lipinski definition) is 1. The van der Waals surface area contributed by atoms with Crippen molar-refractivity contribution in [2.45, 2.75) is 129 Å². The molecule has 1 N–H and O–H groups in total. The number of carboxylic acid groups (broad SMARTS) is 1. The maximum absolute atomic E-state index is 12.5. The Kier molecular flexibility index (Phi) is 32.8. The van der Waals surface area contributed by atoms with Crippen LogP contribution in [0, 0.1) is 0 Å². The van der Waals surface area contributed by atoms with E-state index in [4.69, 9.17) is 14.2 Å². The first kappa shape index (κ1) is 49.2. The number of aliphatic carboxylic acids is 1. The first-order chi connectivity index (χ1) is 25.6. The van der Waals surface area contributed by atoms with Crippen LogP contribution in [0.5, 0.6) is 0 Å². The fourth-order valence-electron chi connectivity index (χ4n) is 5.00. The maximum atomic E-state index is 12.5. The van der Waals surface area contributed by atoms with Gasteiger partial charge in [-0.05, 0) is 70.6 Å². The summed E-state index contributed by atoms with van der Waals surface area (Å²) in [7, 11) is 5.46. The maximum Gasteiger partial charge on any atom is 0.362 e. The van der Waals surface area contributed by atoms with Crippen molar-refractivity contribution in [2.75, 3.05) is 41.0 Å². The largest absolute Gasteiger partial charge is 0.477 e. The van der Waals surface area contributed by atoms with Crippen molar-refractivity contribution < 1.29 is 38.2 Å². The molecule has 0 spiro atoms. The van der Waals surface area contributed by atoms with E-state index in [9.17, 15) is 19.5 Å². The predicted octanol–water partition coefficient (Wildman–Crippen LogP) is 10.3. The van der Waals surface area contributed by atoms with Crippen LogP contribution in [0.15, 0.2) is 97.2 Å². The molecule has 53 heavy (non-hydrogen) atoms. The molecule has 0 fully saturated rings. The lowest BCUT2D eigenvalue weighted by atomic mass is 10.1. The van der Waals surface area contributed by atoms with Crippen LogP contribution in [-0.2, 0) is 28.6 Å². The highest BCUT2D eigenvalue weighted by molar-refractivity contribution is 5.72. The number of rotatable bonds is 33. The molecular formula is C45H72NO7+. The average Bonchev–Trinajstić information content (AvgIpc) is 3.11. The highest BCUT2D eigenvalue weighted by Crippen LogP contribution is 2.11. The second-order valence-electron chi connectivity index (χ2n) is 13.8. The molecule has 0 aromatic carbocycles. The van der Waals surface area contributed by atoms with E-state index in [2.05, 4.69) is 92.8 Å². The van der Waals surface area contributed by atoms with Crippen molar-refractivity contribution in [3.8, 4) is 0 Å². The minimum Gasteiger partial charge on any atom is -0.477 e. The molecule has 0 amide bonds. The van der Waals surface area contributed by atoms with Crippen LogP contribution in [-0.4, -0.2) is 80.6 Å². The van der Waals surface area contributed by atoms with E-state index in [1.165, 1.54) is 0 Å². The molecule has 0 rings (SSSR count). The molecule has 2 unspecified atom stereocenters. The van der Waals surface area contributed by atoms with Crippen molar-refractivity contribution in [2.24, 2.45) is 0 Å². The molecule has 0 saturated carbocycles. The zero-order valence-electron chi connectivity index (χ0n) is 33.7. The molecule has 0 aliphatic carbocycles. The number of carbonyl (C=O) groups excluding carboxylic acids is 2. The molecule has 0 saturated heterocycles. The summed E-state index contributed by atoms with van der Waals surface area (Å²) >= 11 is 0. The van der Waals surface area contributed by atoms with E-state index in [1.54, 1.807) is 6.08 Å². The quantitative estimate of drug-likeness (QED) is 0.0310. The highest BCUT2D eigenvalue weighted by Gasteiger charge is 2.31. The summed E-state index contributed by atoms with van der Waals surface area (Å²) < 4.78 is 17.0. The SMILES string of the molecule is CC/C=C/C/C=C/C/C=C/C/C=C/C/C=C/CCCCCCC(=O)OCC(COCCC(C(=O)O)[N+](C)(C)C)OC(=O)C/C=C/C/C=C/C/C=C/CC. The molecule has 0 bridgehead atoms. The molecule has 0 heterocycles. The Morgan fingerprint density at radius 2 is 1.06 bits per heavy atom. The van der Waals surface area contributed by atoms with Gasteiger partial charge in [0.25, 0.3) is 0 Å². The molecule has 0 aromatic heterocycles. The highest BCUT2D eigenvalue weighted by atomic mass is 16.6. The van der Waals surface area contributed by atoms with Gasteiger partial charge in [-0.3, -0.25) is 9.59 Å². The monoisotopic (exact) mass is 739 g/mol. The van der Waals surface area contributed by atoms with Crippen LogP contribution < -0.4 is 0 Å². The second-order valence-corrected chi connectivity index (χ2v) is 13.8. The number of ether oxygens (including phenoxy) is 3. The summed E-state index contributed by atoms with van der Waals surface area (Å²) in [5.41, 5.74) is 0. The average molecular weight is 739 g/mol. The number of nitrogens with zero attached hydrogens (tertiary/aromatic N) is 1. The molecule has 298 valence electrons. The normalized spacial score (nSPS) is 14.1. The van der Waals surface area contributed by atoms with E-state index < -0.39 is 24.1 Å². The fraction of sp³-hybridized carbons (Fsp3) is 0.578. The molecule has 8 heteroatoms. The lowest BCUT2D eigenvalue weighted by Gasteiger charge is -2.31. The van der Waals surface area contributed by atoms with Gasteiger partial charge in [0.2, 0.25) is 0 Å². The lowest BCUT2D eigenvalue weighted by molar-refractivity contribution is -0.887. The Bertz CT molecular complexity index is 1180. The van der Waals surface area contributed by atoms with Crippen LogP contribution in [0.25, 0.3) is 0 Å². The number of likely N-dealkylation sites (N-methyl/N-ethyl adjacent to an activating group) is 1. The molecule has 0 aliphatic heterocycles. The Morgan fingerprint density at radius 3 is 1.55 bits per heavy atom. The molecule has 0 radical (unpaired) electrons. The third-order valence-electron chi connectivity index (χ3n) is 8.01. The van der Waals surface area contributed by atoms with Gasteiger partial charge in [-0.15, -0.1) is 0 Å². The van der Waals surface area contributed by atoms with Gasteiger partial charge in [0.05, 0.1) is 40.8 Å². The lowest BCUT2D eigenvalue weighted by Crippen LogP contribution is -2.50. The predicted molar refractivity (Wildman–Crippen MR) is 219 cm³/mol. The smallest absolute Gasteiger partial charge is 0.362 e. The number of carboxylic acids is 1. The van der Waals surface area contributed by atoms with Crippen LogP contribution in [0.2, 0.25) is 0 Å². The summed E-state index contributed by atoms with van der Waals surface area (Å²) in [6.45, 7) is 4.32. The van der Waals surface area contributed by atoms with E-state index in [1.807, 2.05) is 33.3 Å². The van der Waals surface area contributed by atoms with Crippen molar-refractivity contribution in [1.82, 2.24) is 0 Å². The Hall–Kier alpha value is -3.75. The first-order valence-electron chi connectivity index (χ1n) is 19.8. The molecule has 0 aromatic rings. The fourth-order valence-corrected chi connectivity index (χ4v) is 5.00. The zero-order chi connectivity index (χ0) is 39.3. The molecule has 8 nitrogen and oxygen atoms in total. The summed E-state index contributed by atoms with van der Waals surface area (Å²) in [6.07, 6.45) is 46.4. The van der Waals surface area contributed by atoms with Crippen LogP contribution >= 0.6 is 0 Å². The Labute approximate surface area is 322 Å². The minimum atomic E-state index is -0.897. The van der Waals surface area contributed by atoms with Crippen molar-refractivity contribution >= 4 is 17.9 Å². The Balaban J connectivity index is 4.45. The summed E-state index contributed by atoms with van der Waals surface area (Å²) in [5.74, 6) is -1.67.